The maximum atomic E-state index is 8.98. The molecule has 0 unspecified atom stereocenters. The molecule has 0 saturated carbocycles. The van der Waals surface area contributed by atoms with E-state index in [9.17, 15) is 0 Å². The van der Waals surface area contributed by atoms with E-state index in [0.717, 1.165) is 26.7 Å². The van der Waals surface area contributed by atoms with Gasteiger partial charge in [0, 0.05) is 15.5 Å². The normalized spacial score (nSPS) is 10.4. The van der Waals surface area contributed by atoms with Crippen molar-refractivity contribution in [3.05, 3.63) is 62.5 Å². The number of hydrogen-bond donors (Lipinski definition) is 2. The number of anilines is 1. The van der Waals surface area contributed by atoms with Crippen molar-refractivity contribution in [2.24, 2.45) is 0 Å². The van der Waals surface area contributed by atoms with Gasteiger partial charge in [0.1, 0.15) is 0 Å². The molecule has 0 saturated heterocycles. The molecule has 0 spiro atoms. The van der Waals surface area contributed by atoms with E-state index < -0.39 is 0 Å². The summed E-state index contributed by atoms with van der Waals surface area (Å²) in [5.74, 6) is 0. The lowest BCUT2D eigenvalue weighted by Crippen LogP contribution is -2.01. The molecule has 18 heavy (non-hydrogen) atoms. The van der Waals surface area contributed by atoms with Crippen molar-refractivity contribution in [2.45, 2.75) is 13.2 Å². The molecule has 0 aromatic heterocycles. The Hall–Kier alpha value is -0.840. The molecule has 2 nitrogen and oxygen atoms in total. The number of nitrogens with one attached hydrogen (secondary N) is 1. The zero-order chi connectivity index (χ0) is 13.0. The Morgan fingerprint density at radius 3 is 2.00 bits per heavy atom. The van der Waals surface area contributed by atoms with Crippen molar-refractivity contribution in [3.63, 3.8) is 0 Å². The fourth-order valence-electron chi connectivity index (χ4n) is 1.62. The lowest BCUT2D eigenvalue weighted by Gasteiger charge is -2.11. The van der Waals surface area contributed by atoms with Gasteiger partial charge in [0.15, 0.2) is 0 Å². The molecule has 2 rings (SSSR count). The van der Waals surface area contributed by atoms with Crippen molar-refractivity contribution in [1.82, 2.24) is 0 Å². The van der Waals surface area contributed by atoms with Crippen molar-refractivity contribution in [1.29, 1.82) is 0 Å². The summed E-state index contributed by atoms with van der Waals surface area (Å²) in [6.45, 7) is 0.830. The van der Waals surface area contributed by atoms with Crippen LogP contribution in [0.5, 0.6) is 0 Å². The molecule has 0 heterocycles. The first kappa shape index (κ1) is 13.6. The fourth-order valence-corrected chi connectivity index (χ4v) is 2.90. The highest BCUT2D eigenvalue weighted by atomic mass is 79.9. The molecular weight excluding hydrogens is 358 g/mol. The van der Waals surface area contributed by atoms with Crippen LogP contribution in [0.3, 0.4) is 0 Å². The quantitative estimate of drug-likeness (QED) is 0.840. The summed E-state index contributed by atoms with van der Waals surface area (Å²) in [5.41, 5.74) is 3.15. The minimum absolute atomic E-state index is 0.0868. The van der Waals surface area contributed by atoms with Crippen LogP contribution in [-0.2, 0) is 13.2 Å². The van der Waals surface area contributed by atoms with E-state index in [-0.39, 0.29) is 6.61 Å². The van der Waals surface area contributed by atoms with Crippen LogP contribution in [0.15, 0.2) is 51.4 Å². The van der Waals surface area contributed by atoms with Crippen LogP contribution in [0.25, 0.3) is 0 Å². The van der Waals surface area contributed by atoms with E-state index in [1.54, 1.807) is 0 Å². The number of halogens is 2. The second-order valence-electron chi connectivity index (χ2n) is 3.92. The first-order valence-corrected chi connectivity index (χ1v) is 7.16. The van der Waals surface area contributed by atoms with Gasteiger partial charge in [-0.2, -0.15) is 0 Å². The van der Waals surface area contributed by atoms with Gasteiger partial charge in [0.05, 0.1) is 12.3 Å². The monoisotopic (exact) mass is 369 g/mol. The van der Waals surface area contributed by atoms with Gasteiger partial charge in [0.25, 0.3) is 0 Å². The van der Waals surface area contributed by atoms with Gasteiger partial charge in [-0.1, -0.05) is 30.3 Å². The van der Waals surface area contributed by atoms with Gasteiger partial charge in [-0.3, -0.25) is 0 Å². The van der Waals surface area contributed by atoms with Crippen LogP contribution in [0.1, 0.15) is 11.1 Å². The van der Waals surface area contributed by atoms with Crippen LogP contribution in [0, 0.1) is 0 Å². The minimum atomic E-state index is 0.0868. The Bertz CT molecular complexity index is 506. The Kier molecular flexibility index (Phi) is 4.80. The first-order valence-electron chi connectivity index (χ1n) is 5.57. The molecule has 2 aromatic rings. The van der Waals surface area contributed by atoms with Crippen molar-refractivity contribution in [3.8, 4) is 0 Å². The standard InChI is InChI=1S/C14H13Br2NO/c15-12-2-1-3-13(16)14(12)17-8-10-4-6-11(9-18)7-5-10/h1-7,17-18H,8-9H2. The third-order valence-corrected chi connectivity index (χ3v) is 3.96. The molecule has 0 aliphatic heterocycles. The average molecular weight is 371 g/mol. The molecule has 4 heteroatoms. The van der Waals surface area contributed by atoms with E-state index in [1.165, 1.54) is 5.56 Å². The van der Waals surface area contributed by atoms with Crippen LogP contribution in [0.4, 0.5) is 5.69 Å². The SMILES string of the molecule is OCc1ccc(CNc2c(Br)cccc2Br)cc1. The highest BCUT2D eigenvalue weighted by Crippen LogP contribution is 2.30. The van der Waals surface area contributed by atoms with Crippen LogP contribution in [0.2, 0.25) is 0 Å². The number of para-hydroxylation sites is 1. The molecule has 0 aliphatic rings. The number of aliphatic hydroxyl groups excluding tert-OH is 1. The molecule has 0 radical (unpaired) electrons. The molecule has 0 atom stereocenters. The molecule has 2 N–H and O–H groups in total. The maximum Gasteiger partial charge on any atom is 0.0681 e. The van der Waals surface area contributed by atoms with Gasteiger partial charge in [-0.15, -0.1) is 0 Å². The molecule has 0 fully saturated rings. The van der Waals surface area contributed by atoms with Crippen molar-refractivity contribution in [2.75, 3.05) is 5.32 Å². The molecule has 0 amide bonds. The fraction of sp³-hybridized carbons (Fsp3) is 0.143. The number of hydrogen-bond acceptors (Lipinski definition) is 2. The van der Waals surface area contributed by atoms with Crippen LogP contribution in [-0.4, -0.2) is 5.11 Å². The van der Waals surface area contributed by atoms with Gasteiger partial charge in [-0.25, -0.2) is 0 Å². The number of rotatable bonds is 4. The zero-order valence-electron chi connectivity index (χ0n) is 9.66. The smallest absolute Gasteiger partial charge is 0.0681 e. The zero-order valence-corrected chi connectivity index (χ0v) is 12.8. The Morgan fingerprint density at radius 1 is 0.889 bits per heavy atom. The Balaban J connectivity index is 2.06. The molecule has 0 bridgehead atoms. The van der Waals surface area contributed by atoms with Crippen molar-refractivity contribution < 1.29 is 5.11 Å². The van der Waals surface area contributed by atoms with E-state index >= 15 is 0 Å². The summed E-state index contributed by atoms with van der Waals surface area (Å²) in [6, 6.07) is 13.9. The summed E-state index contributed by atoms with van der Waals surface area (Å²) in [5, 5.41) is 12.4. The van der Waals surface area contributed by atoms with E-state index in [4.69, 9.17) is 5.11 Å². The maximum absolute atomic E-state index is 8.98. The average Bonchev–Trinajstić information content (AvgIpc) is 2.39. The van der Waals surface area contributed by atoms with E-state index in [0.29, 0.717) is 0 Å². The van der Waals surface area contributed by atoms with E-state index in [1.807, 2.05) is 42.5 Å². The van der Waals surface area contributed by atoms with Gasteiger partial charge >= 0.3 is 0 Å². The summed E-state index contributed by atoms with van der Waals surface area (Å²) in [7, 11) is 0. The van der Waals surface area contributed by atoms with E-state index in [2.05, 4.69) is 37.2 Å². The second-order valence-corrected chi connectivity index (χ2v) is 5.63. The van der Waals surface area contributed by atoms with Crippen molar-refractivity contribution >= 4 is 37.5 Å². The first-order chi connectivity index (χ1) is 8.70. The van der Waals surface area contributed by atoms with Gasteiger partial charge in [0.2, 0.25) is 0 Å². The number of aliphatic hydroxyl groups is 1. The molecule has 0 aliphatic carbocycles. The summed E-state index contributed by atoms with van der Waals surface area (Å²) < 4.78 is 2.06. The lowest BCUT2D eigenvalue weighted by molar-refractivity contribution is 0.282. The predicted molar refractivity (Wildman–Crippen MR) is 81.5 cm³/mol. The largest absolute Gasteiger partial charge is 0.392 e. The highest BCUT2D eigenvalue weighted by Gasteiger charge is 2.03. The Labute approximate surface area is 123 Å². The van der Waals surface area contributed by atoms with Gasteiger partial charge < -0.3 is 10.4 Å². The number of benzene rings is 2. The lowest BCUT2D eigenvalue weighted by atomic mass is 10.1. The minimum Gasteiger partial charge on any atom is -0.392 e. The third-order valence-electron chi connectivity index (χ3n) is 2.64. The third kappa shape index (κ3) is 3.34. The summed E-state index contributed by atoms with van der Waals surface area (Å²) in [6.07, 6.45) is 0. The van der Waals surface area contributed by atoms with Crippen LogP contribution < -0.4 is 5.32 Å². The predicted octanol–water partition coefficient (Wildman–Crippen LogP) is 4.32. The molecule has 94 valence electrons. The van der Waals surface area contributed by atoms with Gasteiger partial charge in [-0.05, 0) is 55.1 Å². The molecule has 2 aromatic carbocycles. The second kappa shape index (κ2) is 6.36. The highest BCUT2D eigenvalue weighted by molar-refractivity contribution is 9.11. The van der Waals surface area contributed by atoms with Crippen LogP contribution >= 0.6 is 31.9 Å². The molecular formula is C14H13Br2NO. The Morgan fingerprint density at radius 2 is 1.44 bits per heavy atom. The summed E-state index contributed by atoms with van der Waals surface area (Å²) in [4.78, 5) is 0. The summed E-state index contributed by atoms with van der Waals surface area (Å²) >= 11 is 7.04. The topological polar surface area (TPSA) is 32.3 Å².